The van der Waals surface area contributed by atoms with Crippen LogP contribution in [0, 0.1) is 0 Å². The van der Waals surface area contributed by atoms with Gasteiger partial charge in [-0.1, -0.05) is 36.4 Å². The van der Waals surface area contributed by atoms with Crippen molar-refractivity contribution in [3.8, 4) is 0 Å². The quantitative estimate of drug-likeness (QED) is 0.727. The van der Waals surface area contributed by atoms with Crippen molar-refractivity contribution >= 4 is 17.5 Å². The van der Waals surface area contributed by atoms with Crippen molar-refractivity contribution in [1.82, 2.24) is 5.32 Å². The Hall–Kier alpha value is -3.68. The first-order chi connectivity index (χ1) is 14.3. The molecule has 3 aliphatic rings. The topological polar surface area (TPSA) is 72.5 Å². The molecule has 0 aromatic heterocycles. The number of alkyl halides is 3. The van der Waals surface area contributed by atoms with E-state index in [1.54, 1.807) is 12.1 Å². The van der Waals surface area contributed by atoms with E-state index in [4.69, 9.17) is 4.74 Å². The van der Waals surface area contributed by atoms with Gasteiger partial charge in [0, 0.05) is 22.6 Å². The maximum absolute atomic E-state index is 13.3. The molecule has 0 saturated heterocycles. The average molecular weight is 411 g/mol. The number of ketones is 2. The van der Waals surface area contributed by atoms with Crippen LogP contribution in [0.15, 0.2) is 71.1 Å². The molecule has 5 nitrogen and oxygen atoms in total. The van der Waals surface area contributed by atoms with Gasteiger partial charge < -0.3 is 10.1 Å². The van der Waals surface area contributed by atoms with E-state index >= 15 is 0 Å². The molecular formula is C22H12F3NO4. The van der Waals surface area contributed by atoms with E-state index in [9.17, 15) is 27.6 Å². The standard InChI is InChI=1S/C22H12F3NO4/c23-22(24,25)11-7-5-10(6-8-11)15-16-14(9-30-21(16)29)26-18-17(15)19(27)12-3-1-2-4-13(12)20(18)28/h1-8,15,26H,9H2. The van der Waals surface area contributed by atoms with E-state index in [2.05, 4.69) is 5.32 Å². The molecule has 0 saturated carbocycles. The van der Waals surface area contributed by atoms with Gasteiger partial charge in [-0.15, -0.1) is 0 Å². The third-order valence-corrected chi connectivity index (χ3v) is 5.47. The molecule has 1 N–H and O–H groups in total. The molecule has 1 unspecified atom stereocenters. The zero-order chi connectivity index (χ0) is 21.2. The van der Waals surface area contributed by atoms with E-state index in [-0.39, 0.29) is 34.6 Å². The van der Waals surface area contributed by atoms with Crippen LogP contribution in [0.3, 0.4) is 0 Å². The Morgan fingerprint density at radius 1 is 0.867 bits per heavy atom. The number of esters is 1. The van der Waals surface area contributed by atoms with E-state index < -0.39 is 35.2 Å². The number of benzene rings is 2. The number of hydrogen-bond acceptors (Lipinski definition) is 5. The highest BCUT2D eigenvalue weighted by atomic mass is 19.4. The fraction of sp³-hybridized carbons (Fsp3) is 0.136. The second kappa shape index (κ2) is 6.16. The minimum Gasteiger partial charge on any atom is -0.456 e. The Morgan fingerprint density at radius 3 is 2.13 bits per heavy atom. The number of allylic oxidation sites excluding steroid dienone is 2. The summed E-state index contributed by atoms with van der Waals surface area (Å²) in [6.45, 7) is -0.106. The molecule has 0 spiro atoms. The van der Waals surface area contributed by atoms with Crippen molar-refractivity contribution in [2.24, 2.45) is 0 Å². The van der Waals surface area contributed by atoms with Crippen molar-refractivity contribution in [3.05, 3.63) is 93.3 Å². The molecule has 150 valence electrons. The van der Waals surface area contributed by atoms with Crippen LogP contribution in [0.25, 0.3) is 0 Å². The van der Waals surface area contributed by atoms with Gasteiger partial charge in [0.05, 0.1) is 22.5 Å². The fourth-order valence-electron chi connectivity index (χ4n) is 4.10. The summed E-state index contributed by atoms with van der Waals surface area (Å²) in [6.07, 6.45) is -4.52. The lowest BCUT2D eigenvalue weighted by Gasteiger charge is -2.31. The number of hydrogen-bond donors (Lipinski definition) is 1. The summed E-state index contributed by atoms with van der Waals surface area (Å²) in [7, 11) is 0. The van der Waals surface area contributed by atoms with Crippen LogP contribution in [-0.4, -0.2) is 24.1 Å². The summed E-state index contributed by atoms with van der Waals surface area (Å²) >= 11 is 0. The smallest absolute Gasteiger partial charge is 0.416 e. The first-order valence-electron chi connectivity index (χ1n) is 9.04. The first-order valence-corrected chi connectivity index (χ1v) is 9.04. The Bertz CT molecular complexity index is 1210. The van der Waals surface area contributed by atoms with Crippen LogP contribution in [0.1, 0.15) is 37.8 Å². The van der Waals surface area contributed by atoms with Gasteiger partial charge in [0.15, 0.2) is 5.78 Å². The van der Waals surface area contributed by atoms with Gasteiger partial charge in [-0.25, -0.2) is 4.79 Å². The number of dihydropyridines is 1. The van der Waals surface area contributed by atoms with Crippen molar-refractivity contribution in [3.63, 3.8) is 0 Å². The highest BCUT2D eigenvalue weighted by Gasteiger charge is 2.46. The normalized spacial score (nSPS) is 20.5. The highest BCUT2D eigenvalue weighted by Crippen LogP contribution is 2.45. The lowest BCUT2D eigenvalue weighted by molar-refractivity contribution is -0.138. The van der Waals surface area contributed by atoms with Crippen LogP contribution in [-0.2, 0) is 15.7 Å². The average Bonchev–Trinajstić information content (AvgIpc) is 3.10. The molecule has 1 aliphatic carbocycles. The molecule has 0 amide bonds. The van der Waals surface area contributed by atoms with Gasteiger partial charge in [0.25, 0.3) is 0 Å². The number of cyclic esters (lactones) is 1. The second-order valence-corrected chi connectivity index (χ2v) is 7.14. The van der Waals surface area contributed by atoms with Crippen molar-refractivity contribution in [2.45, 2.75) is 12.1 Å². The zero-order valence-electron chi connectivity index (χ0n) is 15.2. The Labute approximate surface area is 167 Å². The maximum atomic E-state index is 13.3. The third-order valence-electron chi connectivity index (χ3n) is 5.47. The number of carbonyl (C=O) groups is 3. The molecule has 2 heterocycles. The maximum Gasteiger partial charge on any atom is 0.416 e. The molecule has 0 fully saturated rings. The molecule has 0 radical (unpaired) electrons. The molecule has 30 heavy (non-hydrogen) atoms. The fourth-order valence-corrected chi connectivity index (χ4v) is 4.10. The van der Waals surface area contributed by atoms with Crippen molar-refractivity contribution in [1.29, 1.82) is 0 Å². The zero-order valence-corrected chi connectivity index (χ0v) is 15.2. The molecule has 8 heteroatoms. The number of nitrogens with one attached hydrogen (secondary N) is 1. The van der Waals surface area contributed by atoms with Crippen molar-refractivity contribution in [2.75, 3.05) is 6.61 Å². The van der Waals surface area contributed by atoms with E-state index in [0.29, 0.717) is 11.3 Å². The predicted molar refractivity (Wildman–Crippen MR) is 97.4 cm³/mol. The Balaban J connectivity index is 1.70. The minimum absolute atomic E-state index is 0.0284. The second-order valence-electron chi connectivity index (χ2n) is 7.14. The van der Waals surface area contributed by atoms with Crippen LogP contribution in [0.4, 0.5) is 13.2 Å². The van der Waals surface area contributed by atoms with Crippen LogP contribution >= 0.6 is 0 Å². The van der Waals surface area contributed by atoms with Gasteiger partial charge in [-0.2, -0.15) is 13.2 Å². The predicted octanol–water partition coefficient (Wildman–Crippen LogP) is 3.54. The summed E-state index contributed by atoms with van der Waals surface area (Å²) in [4.78, 5) is 38.8. The number of carbonyl (C=O) groups excluding carboxylic acids is 3. The van der Waals surface area contributed by atoms with E-state index in [1.807, 2.05) is 0 Å². The van der Waals surface area contributed by atoms with Gasteiger partial charge in [0.1, 0.15) is 6.61 Å². The number of fused-ring (bicyclic) bond motifs is 1. The number of ether oxygens (including phenoxy) is 1. The Morgan fingerprint density at radius 2 is 1.50 bits per heavy atom. The third kappa shape index (κ3) is 2.53. The van der Waals surface area contributed by atoms with Gasteiger partial charge in [-0.3, -0.25) is 9.59 Å². The molecule has 2 aromatic rings. The van der Waals surface area contributed by atoms with Crippen LogP contribution in [0.5, 0.6) is 0 Å². The Kier molecular flexibility index (Phi) is 3.77. The number of Topliss-reactive ketones (excluding diaryl/α,β-unsaturated/α-hetero) is 2. The van der Waals surface area contributed by atoms with E-state index in [1.165, 1.54) is 24.3 Å². The largest absolute Gasteiger partial charge is 0.456 e. The molecule has 0 bridgehead atoms. The molecule has 2 aromatic carbocycles. The molecule has 5 rings (SSSR count). The van der Waals surface area contributed by atoms with Gasteiger partial charge >= 0.3 is 12.1 Å². The minimum atomic E-state index is -4.52. The molecular weight excluding hydrogens is 399 g/mol. The van der Waals surface area contributed by atoms with Crippen LogP contribution < -0.4 is 5.32 Å². The van der Waals surface area contributed by atoms with Crippen LogP contribution in [0.2, 0.25) is 0 Å². The SMILES string of the molecule is O=C1OCC2=C1C(c1ccc(C(F)(F)F)cc1)C1=C(N2)C(=O)c2ccccc2C1=O. The highest BCUT2D eigenvalue weighted by molar-refractivity contribution is 6.28. The summed E-state index contributed by atoms with van der Waals surface area (Å²) in [5.41, 5.74) is 0.400. The molecule has 2 aliphatic heterocycles. The molecule has 1 atom stereocenters. The van der Waals surface area contributed by atoms with E-state index in [0.717, 1.165) is 12.1 Å². The number of rotatable bonds is 1. The lowest BCUT2D eigenvalue weighted by atomic mass is 9.73. The first kappa shape index (κ1) is 18.4. The van der Waals surface area contributed by atoms with Gasteiger partial charge in [0.2, 0.25) is 5.78 Å². The summed E-state index contributed by atoms with van der Waals surface area (Å²) in [6, 6.07) is 10.5. The summed E-state index contributed by atoms with van der Waals surface area (Å²) in [5.74, 6) is -2.54. The monoisotopic (exact) mass is 411 g/mol. The van der Waals surface area contributed by atoms with Gasteiger partial charge in [-0.05, 0) is 17.7 Å². The van der Waals surface area contributed by atoms with Crippen molar-refractivity contribution < 1.29 is 32.3 Å². The number of halogens is 3. The summed E-state index contributed by atoms with van der Waals surface area (Å²) in [5, 5.41) is 2.87. The summed E-state index contributed by atoms with van der Waals surface area (Å²) < 4.78 is 44.0. The lowest BCUT2D eigenvalue weighted by Crippen LogP contribution is -2.37.